The number of benzene rings is 3. The number of aromatic nitrogens is 2. The Morgan fingerprint density at radius 1 is 0.922 bits per heavy atom. The van der Waals surface area contributed by atoms with Crippen molar-refractivity contribution in [1.82, 2.24) is 20.6 Å². The van der Waals surface area contributed by atoms with Gasteiger partial charge >= 0.3 is 5.97 Å². The standard InChI is InChI=1S/C37H39N7O6S/c1-21(45)16-24(18-25-20-41-27-11-6-5-10-26(25)27)33(47)43-30(17-22-8-3-2-4-9-22)34(48)42-29(12-7-15-40-37(38)39)32(46)35-44-28-14-13-23(36(49)50)19-31(28)51-35/h2-6,8-11,13-14,19-20,24,29-30,41H,7,12,15-18H2,1H3,(H,42,48)(H,43,47)(H,49,50)(H4,38,39,40)/t24-,29+,30+/m1/s1. The number of aliphatic imine (C=N–C) groups is 1. The third-order valence-corrected chi connectivity index (χ3v) is 9.42. The third-order valence-electron chi connectivity index (χ3n) is 8.39. The van der Waals surface area contributed by atoms with Crippen molar-refractivity contribution in [3.63, 3.8) is 0 Å². The molecule has 0 aliphatic heterocycles. The van der Waals surface area contributed by atoms with Crippen LogP contribution in [0.4, 0.5) is 0 Å². The van der Waals surface area contributed by atoms with E-state index in [9.17, 15) is 29.1 Å². The van der Waals surface area contributed by atoms with Crippen LogP contribution in [0.25, 0.3) is 21.1 Å². The number of nitrogens with one attached hydrogen (secondary N) is 3. The van der Waals surface area contributed by atoms with E-state index in [-0.39, 0.29) is 54.5 Å². The van der Waals surface area contributed by atoms with Crippen LogP contribution in [0.2, 0.25) is 0 Å². The molecule has 13 nitrogen and oxygen atoms in total. The molecule has 2 heterocycles. The number of Topliss-reactive ketones (excluding diaryl/α,β-unsaturated/α-hetero) is 2. The molecule has 8 N–H and O–H groups in total. The largest absolute Gasteiger partial charge is 0.478 e. The number of aromatic amines is 1. The molecule has 264 valence electrons. The molecule has 51 heavy (non-hydrogen) atoms. The van der Waals surface area contributed by atoms with Crippen LogP contribution < -0.4 is 22.1 Å². The van der Waals surface area contributed by atoms with Crippen molar-refractivity contribution in [3.05, 3.63) is 101 Å². The SMILES string of the molecule is CC(=O)C[C@H](Cc1c[nH]c2ccccc12)C(=O)N[C@@H](Cc1ccccc1)C(=O)N[C@@H](CCCN=C(N)N)C(=O)c1nc2ccc(C(=O)O)cc2s1. The summed E-state index contributed by atoms with van der Waals surface area (Å²) in [6.07, 6.45) is 2.66. The molecule has 3 aromatic carbocycles. The van der Waals surface area contributed by atoms with Gasteiger partial charge in [-0.2, -0.15) is 0 Å². The van der Waals surface area contributed by atoms with Crippen molar-refractivity contribution >= 4 is 67.8 Å². The number of para-hydroxylation sites is 1. The number of carboxylic acid groups (broad SMARTS) is 1. The van der Waals surface area contributed by atoms with E-state index in [1.54, 1.807) is 0 Å². The second kappa shape index (κ2) is 16.7. The number of nitrogens with zero attached hydrogens (tertiary/aromatic N) is 2. The molecule has 0 aliphatic carbocycles. The Labute approximate surface area is 297 Å². The molecular weight excluding hydrogens is 671 g/mol. The first kappa shape index (κ1) is 36.4. The van der Waals surface area contributed by atoms with Crippen LogP contribution in [0.1, 0.15) is 57.5 Å². The highest BCUT2D eigenvalue weighted by molar-refractivity contribution is 7.20. The van der Waals surface area contributed by atoms with Gasteiger partial charge in [0.1, 0.15) is 11.8 Å². The topological polar surface area (TPSA) is 223 Å². The maximum Gasteiger partial charge on any atom is 0.335 e. The number of carbonyl (C=O) groups excluding carboxylic acids is 4. The highest BCUT2D eigenvalue weighted by atomic mass is 32.1. The number of guanidine groups is 1. The fourth-order valence-electron chi connectivity index (χ4n) is 5.88. The minimum absolute atomic E-state index is 0.0296. The Morgan fingerprint density at radius 3 is 2.37 bits per heavy atom. The van der Waals surface area contributed by atoms with Crippen LogP contribution in [0.3, 0.4) is 0 Å². The van der Waals surface area contributed by atoms with E-state index in [2.05, 4.69) is 25.6 Å². The van der Waals surface area contributed by atoms with Gasteiger partial charge in [0.15, 0.2) is 11.0 Å². The number of rotatable bonds is 17. The van der Waals surface area contributed by atoms with Gasteiger partial charge in [-0.25, -0.2) is 9.78 Å². The Kier molecular flexibility index (Phi) is 11.9. The molecule has 0 saturated heterocycles. The molecule has 0 fully saturated rings. The highest BCUT2D eigenvalue weighted by Crippen LogP contribution is 2.26. The van der Waals surface area contributed by atoms with E-state index in [1.165, 1.54) is 25.1 Å². The van der Waals surface area contributed by atoms with Gasteiger partial charge in [-0.15, -0.1) is 11.3 Å². The van der Waals surface area contributed by atoms with E-state index >= 15 is 0 Å². The quantitative estimate of drug-likeness (QED) is 0.0357. The molecule has 0 saturated carbocycles. The van der Waals surface area contributed by atoms with Crippen molar-refractivity contribution in [1.29, 1.82) is 0 Å². The zero-order chi connectivity index (χ0) is 36.5. The summed E-state index contributed by atoms with van der Waals surface area (Å²) >= 11 is 1.02. The molecule has 0 radical (unpaired) electrons. The summed E-state index contributed by atoms with van der Waals surface area (Å²) in [6.45, 7) is 1.63. The number of fused-ring (bicyclic) bond motifs is 2. The summed E-state index contributed by atoms with van der Waals surface area (Å²) in [5.74, 6) is -3.70. The van der Waals surface area contributed by atoms with Crippen LogP contribution in [0, 0.1) is 5.92 Å². The maximum atomic E-state index is 14.1. The minimum Gasteiger partial charge on any atom is -0.478 e. The summed E-state index contributed by atoms with van der Waals surface area (Å²) in [7, 11) is 0. The number of carbonyl (C=O) groups is 5. The number of hydrogen-bond acceptors (Lipinski definition) is 8. The van der Waals surface area contributed by atoms with Gasteiger partial charge in [0.25, 0.3) is 0 Å². The van der Waals surface area contributed by atoms with Crippen molar-refractivity contribution in [2.24, 2.45) is 22.4 Å². The smallest absolute Gasteiger partial charge is 0.335 e. The van der Waals surface area contributed by atoms with Crippen molar-refractivity contribution in [2.45, 2.75) is 51.1 Å². The van der Waals surface area contributed by atoms with E-state index in [1.807, 2.05) is 60.8 Å². The summed E-state index contributed by atoms with van der Waals surface area (Å²) in [5, 5.41) is 16.2. The lowest BCUT2D eigenvalue weighted by Gasteiger charge is -2.24. The lowest BCUT2D eigenvalue weighted by atomic mass is 9.92. The first-order chi connectivity index (χ1) is 24.5. The number of nitrogens with two attached hydrogens (primary N) is 2. The Morgan fingerprint density at radius 2 is 1.65 bits per heavy atom. The summed E-state index contributed by atoms with van der Waals surface area (Å²) in [6, 6.07) is 19.0. The summed E-state index contributed by atoms with van der Waals surface area (Å²) < 4.78 is 0.504. The fourth-order valence-corrected chi connectivity index (χ4v) is 6.88. The van der Waals surface area contributed by atoms with Gasteiger partial charge in [0, 0.05) is 42.4 Å². The molecule has 5 rings (SSSR count). The van der Waals surface area contributed by atoms with Crippen molar-refractivity contribution in [3.8, 4) is 0 Å². The first-order valence-corrected chi connectivity index (χ1v) is 17.2. The molecule has 0 aliphatic rings. The van der Waals surface area contributed by atoms with Crippen molar-refractivity contribution < 1.29 is 29.1 Å². The molecule has 14 heteroatoms. The van der Waals surface area contributed by atoms with Crippen LogP contribution in [0.5, 0.6) is 0 Å². The summed E-state index contributed by atoms with van der Waals surface area (Å²) in [5.41, 5.74) is 14.0. The monoisotopic (exact) mass is 709 g/mol. The predicted octanol–water partition coefficient (Wildman–Crippen LogP) is 3.76. The van der Waals surface area contributed by atoms with E-state index in [0.717, 1.165) is 33.4 Å². The molecule has 2 amide bonds. The molecule has 5 aromatic rings. The van der Waals surface area contributed by atoms with Gasteiger partial charge in [-0.05, 0) is 61.6 Å². The van der Waals surface area contributed by atoms with Gasteiger partial charge in [0.2, 0.25) is 17.6 Å². The number of thiazole rings is 1. The number of hydrogen-bond donors (Lipinski definition) is 6. The minimum atomic E-state index is -1.11. The van der Waals surface area contributed by atoms with Crippen LogP contribution in [0.15, 0.2) is 84.0 Å². The lowest BCUT2D eigenvalue weighted by Crippen LogP contribution is -2.53. The molecule has 0 spiro atoms. The van der Waals surface area contributed by atoms with E-state index < -0.39 is 41.6 Å². The second-order valence-corrected chi connectivity index (χ2v) is 13.3. The normalized spacial score (nSPS) is 12.9. The van der Waals surface area contributed by atoms with E-state index in [0.29, 0.717) is 16.6 Å². The zero-order valence-corrected chi connectivity index (χ0v) is 28.7. The third kappa shape index (κ3) is 9.63. The van der Waals surface area contributed by atoms with Crippen LogP contribution >= 0.6 is 11.3 Å². The van der Waals surface area contributed by atoms with Crippen molar-refractivity contribution in [2.75, 3.05) is 6.54 Å². The molecule has 0 unspecified atom stereocenters. The maximum absolute atomic E-state index is 14.1. The number of aromatic carboxylic acids is 1. The lowest BCUT2D eigenvalue weighted by molar-refractivity contribution is -0.132. The average molecular weight is 710 g/mol. The Bertz CT molecular complexity index is 2090. The number of amides is 2. The molecule has 0 bridgehead atoms. The van der Waals surface area contributed by atoms with Crippen LogP contribution in [-0.4, -0.2) is 69.0 Å². The number of carboxylic acids is 1. The highest BCUT2D eigenvalue weighted by Gasteiger charge is 2.31. The second-order valence-electron chi connectivity index (χ2n) is 12.3. The Hall–Kier alpha value is -5.89. The van der Waals surface area contributed by atoms with Gasteiger partial charge in [-0.3, -0.25) is 19.4 Å². The van der Waals surface area contributed by atoms with Crippen LogP contribution in [-0.2, 0) is 27.2 Å². The van der Waals surface area contributed by atoms with Gasteiger partial charge in [-0.1, -0.05) is 48.5 Å². The zero-order valence-electron chi connectivity index (χ0n) is 27.9. The predicted molar refractivity (Wildman–Crippen MR) is 196 cm³/mol. The first-order valence-electron chi connectivity index (χ1n) is 16.4. The Balaban J connectivity index is 1.41. The van der Waals surface area contributed by atoms with Gasteiger partial charge in [0.05, 0.1) is 21.8 Å². The van der Waals surface area contributed by atoms with Gasteiger partial charge < -0.3 is 37.0 Å². The molecule has 2 aromatic heterocycles. The fraction of sp³-hybridized carbons (Fsp3) is 0.270. The average Bonchev–Trinajstić information content (AvgIpc) is 3.72. The molecular formula is C37H39N7O6S. The summed E-state index contributed by atoms with van der Waals surface area (Å²) in [4.78, 5) is 77.4. The van der Waals surface area contributed by atoms with E-state index in [4.69, 9.17) is 11.5 Å². The molecule has 3 atom stereocenters. The number of ketones is 2. The number of H-pyrrole nitrogens is 1.